The Kier molecular flexibility index (Phi) is 3.93. The van der Waals surface area contributed by atoms with E-state index in [4.69, 9.17) is 5.73 Å². The first-order valence-electron chi connectivity index (χ1n) is 4.39. The summed E-state index contributed by atoms with van der Waals surface area (Å²) in [6.07, 6.45) is 1.34. The van der Waals surface area contributed by atoms with Crippen molar-refractivity contribution >= 4 is 28.5 Å². The predicted molar refractivity (Wildman–Crippen MR) is 58.7 cm³/mol. The molecule has 5 heteroatoms. The molecular formula is C8H15IN2O2. The molecule has 0 aromatic rings. The monoisotopic (exact) mass is 298 g/mol. The number of likely N-dealkylation sites (tertiary alicyclic amines) is 1. The highest BCUT2D eigenvalue weighted by Crippen LogP contribution is 2.20. The number of halogens is 1. The Morgan fingerprint density at radius 1 is 1.69 bits per heavy atom. The Labute approximate surface area is 91.6 Å². The first-order valence-corrected chi connectivity index (χ1v) is 5.92. The van der Waals surface area contributed by atoms with Crippen LogP contribution in [-0.4, -0.2) is 45.6 Å². The molecule has 1 atom stereocenters. The van der Waals surface area contributed by atoms with Gasteiger partial charge in [-0.25, -0.2) is 0 Å². The van der Waals surface area contributed by atoms with E-state index in [1.54, 1.807) is 0 Å². The van der Waals surface area contributed by atoms with E-state index in [2.05, 4.69) is 27.5 Å². The molecule has 1 aliphatic rings. The summed E-state index contributed by atoms with van der Waals surface area (Å²) >= 11 is 2.28. The Bertz CT molecular complexity index is 199. The van der Waals surface area contributed by atoms with Crippen molar-refractivity contribution in [2.45, 2.75) is 18.4 Å². The molecule has 0 bridgehead atoms. The molecule has 0 saturated carbocycles. The van der Waals surface area contributed by atoms with Crippen molar-refractivity contribution in [3.63, 3.8) is 0 Å². The molecule has 1 amide bonds. The molecule has 0 spiro atoms. The minimum Gasteiger partial charge on any atom is -0.379 e. The second-order valence-corrected chi connectivity index (χ2v) is 4.54. The number of hydrogen-bond acceptors (Lipinski definition) is 3. The number of hydrogen-bond donors (Lipinski definition) is 2. The molecule has 1 rings (SSSR count). The van der Waals surface area contributed by atoms with Gasteiger partial charge < -0.3 is 10.8 Å². The second kappa shape index (κ2) is 4.56. The second-order valence-electron chi connectivity index (χ2n) is 3.46. The van der Waals surface area contributed by atoms with Crippen molar-refractivity contribution in [2.24, 2.45) is 5.73 Å². The van der Waals surface area contributed by atoms with Gasteiger partial charge in [0.1, 0.15) is 0 Å². The summed E-state index contributed by atoms with van der Waals surface area (Å²) in [4.78, 5) is 13.1. The van der Waals surface area contributed by atoms with Crippen LogP contribution in [0, 0.1) is 0 Å². The summed E-state index contributed by atoms with van der Waals surface area (Å²) in [5, 5.41) is 9.83. The zero-order valence-electron chi connectivity index (χ0n) is 7.50. The van der Waals surface area contributed by atoms with Crippen LogP contribution in [-0.2, 0) is 4.79 Å². The third-order valence-electron chi connectivity index (χ3n) is 2.41. The Morgan fingerprint density at radius 2 is 2.38 bits per heavy atom. The average Bonchev–Trinajstić information content (AvgIpc) is 2.04. The molecule has 76 valence electrons. The zero-order chi connectivity index (χ0) is 9.90. The first-order chi connectivity index (χ1) is 6.08. The average molecular weight is 298 g/mol. The van der Waals surface area contributed by atoms with E-state index in [1.165, 1.54) is 0 Å². The summed E-state index contributed by atoms with van der Waals surface area (Å²) in [6.45, 7) is 2.26. The summed E-state index contributed by atoms with van der Waals surface area (Å²) in [7, 11) is 0. The molecule has 1 aliphatic heterocycles. The topological polar surface area (TPSA) is 66.6 Å². The smallest absolute Gasteiger partial charge is 0.250 e. The van der Waals surface area contributed by atoms with Crippen molar-refractivity contribution in [3.05, 3.63) is 0 Å². The van der Waals surface area contributed by atoms with Crippen molar-refractivity contribution in [2.75, 3.05) is 24.1 Å². The van der Waals surface area contributed by atoms with Gasteiger partial charge >= 0.3 is 0 Å². The Balaban J connectivity index is 2.54. The van der Waals surface area contributed by atoms with Crippen molar-refractivity contribution < 1.29 is 9.90 Å². The predicted octanol–water partition coefficient (Wildman–Crippen LogP) is -0.266. The number of nitrogens with two attached hydrogens (primary N) is 1. The number of carbonyl (C=O) groups excluding carboxylic acids is 1. The van der Waals surface area contributed by atoms with Gasteiger partial charge in [-0.2, -0.15) is 0 Å². The number of rotatable bonds is 3. The lowest BCUT2D eigenvalue weighted by atomic mass is 9.92. The van der Waals surface area contributed by atoms with Crippen LogP contribution in [0.2, 0.25) is 0 Å². The zero-order valence-corrected chi connectivity index (χ0v) is 9.66. The molecule has 1 saturated heterocycles. The fraction of sp³-hybridized carbons (Fsp3) is 0.875. The summed E-state index contributed by atoms with van der Waals surface area (Å²) < 4.78 is 1.01. The van der Waals surface area contributed by atoms with E-state index in [0.717, 1.165) is 23.9 Å². The molecular weight excluding hydrogens is 283 g/mol. The number of β-amino-alcohol motifs (C(OH)–C–C–N with tert-alkyl or cyclic N) is 1. The van der Waals surface area contributed by atoms with Gasteiger partial charge in [0.2, 0.25) is 0 Å². The summed E-state index contributed by atoms with van der Waals surface area (Å²) in [5.41, 5.74) is 3.85. The first kappa shape index (κ1) is 11.2. The minimum absolute atomic E-state index is 0.394. The lowest BCUT2D eigenvalue weighted by Crippen LogP contribution is -2.56. The van der Waals surface area contributed by atoms with Crippen LogP contribution in [0.25, 0.3) is 0 Å². The van der Waals surface area contributed by atoms with Gasteiger partial charge in [0.05, 0.1) is 0 Å². The maximum Gasteiger partial charge on any atom is 0.250 e. The molecule has 1 heterocycles. The maximum absolute atomic E-state index is 11.0. The van der Waals surface area contributed by atoms with Gasteiger partial charge in [-0.15, -0.1) is 0 Å². The van der Waals surface area contributed by atoms with Crippen LogP contribution in [0.1, 0.15) is 12.8 Å². The standard InChI is InChI=1S/C8H15IN2O2/c9-3-5-11-4-1-2-8(13,6-11)7(10)12/h13H,1-6H2,(H2,10,12). The van der Waals surface area contributed by atoms with Crippen LogP contribution in [0.15, 0.2) is 0 Å². The van der Waals surface area contributed by atoms with Crippen molar-refractivity contribution in [1.82, 2.24) is 4.90 Å². The van der Waals surface area contributed by atoms with Crippen LogP contribution in [0.5, 0.6) is 0 Å². The lowest BCUT2D eigenvalue weighted by molar-refractivity contribution is -0.141. The molecule has 4 nitrogen and oxygen atoms in total. The van der Waals surface area contributed by atoms with Crippen LogP contribution in [0.4, 0.5) is 0 Å². The summed E-state index contributed by atoms with van der Waals surface area (Å²) in [5.74, 6) is -0.592. The van der Waals surface area contributed by atoms with E-state index in [0.29, 0.717) is 13.0 Å². The van der Waals surface area contributed by atoms with E-state index >= 15 is 0 Å². The fourth-order valence-electron chi connectivity index (χ4n) is 1.63. The van der Waals surface area contributed by atoms with Crippen molar-refractivity contribution in [3.8, 4) is 0 Å². The molecule has 0 aliphatic carbocycles. The molecule has 3 N–H and O–H groups in total. The van der Waals surface area contributed by atoms with Crippen LogP contribution >= 0.6 is 22.6 Å². The highest BCUT2D eigenvalue weighted by Gasteiger charge is 2.38. The van der Waals surface area contributed by atoms with Gasteiger partial charge in [-0.05, 0) is 19.4 Å². The number of piperidine rings is 1. The molecule has 0 aromatic carbocycles. The van der Waals surface area contributed by atoms with Crippen molar-refractivity contribution in [1.29, 1.82) is 0 Å². The highest BCUT2D eigenvalue weighted by atomic mass is 127. The minimum atomic E-state index is -1.29. The Hall–Kier alpha value is 0.120. The molecule has 0 aromatic heterocycles. The van der Waals surface area contributed by atoms with E-state index in [-0.39, 0.29) is 0 Å². The lowest BCUT2D eigenvalue weighted by Gasteiger charge is -2.36. The third-order valence-corrected chi connectivity index (χ3v) is 2.89. The quantitative estimate of drug-likeness (QED) is 0.557. The maximum atomic E-state index is 11.0. The number of amides is 1. The molecule has 1 unspecified atom stereocenters. The normalized spacial score (nSPS) is 30.3. The van der Waals surface area contributed by atoms with E-state index in [1.807, 2.05) is 0 Å². The number of nitrogens with zero attached hydrogens (tertiary/aromatic N) is 1. The van der Waals surface area contributed by atoms with Gasteiger partial charge in [0.25, 0.3) is 5.91 Å². The third kappa shape index (κ3) is 2.78. The number of alkyl halides is 1. The van der Waals surface area contributed by atoms with Gasteiger partial charge in [0.15, 0.2) is 5.60 Å². The van der Waals surface area contributed by atoms with E-state index < -0.39 is 11.5 Å². The van der Waals surface area contributed by atoms with Gasteiger partial charge in [-0.3, -0.25) is 9.69 Å². The molecule has 1 fully saturated rings. The van der Waals surface area contributed by atoms with Gasteiger partial charge in [-0.1, -0.05) is 22.6 Å². The number of aliphatic hydroxyl groups is 1. The highest BCUT2D eigenvalue weighted by molar-refractivity contribution is 14.1. The Morgan fingerprint density at radius 3 is 2.92 bits per heavy atom. The van der Waals surface area contributed by atoms with Gasteiger partial charge in [0, 0.05) is 17.5 Å². The van der Waals surface area contributed by atoms with Crippen LogP contribution < -0.4 is 5.73 Å². The molecule has 13 heavy (non-hydrogen) atoms. The largest absolute Gasteiger partial charge is 0.379 e. The fourth-order valence-corrected chi connectivity index (χ4v) is 2.32. The number of carbonyl (C=O) groups is 1. The van der Waals surface area contributed by atoms with Crippen LogP contribution in [0.3, 0.4) is 0 Å². The number of primary amides is 1. The van der Waals surface area contributed by atoms with E-state index in [9.17, 15) is 9.90 Å². The summed E-state index contributed by atoms with van der Waals surface area (Å²) in [6, 6.07) is 0. The molecule has 0 radical (unpaired) electrons. The SMILES string of the molecule is NC(=O)C1(O)CCCN(CCI)C1.